The Labute approximate surface area is 125 Å². The van der Waals surface area contributed by atoms with E-state index >= 15 is 0 Å². The van der Waals surface area contributed by atoms with Gasteiger partial charge in [0, 0.05) is 16.4 Å². The van der Waals surface area contributed by atoms with Crippen molar-refractivity contribution in [1.82, 2.24) is 9.97 Å². The fourth-order valence-electron chi connectivity index (χ4n) is 1.75. The van der Waals surface area contributed by atoms with Crippen LogP contribution in [0.1, 0.15) is 37.9 Å². The summed E-state index contributed by atoms with van der Waals surface area (Å²) < 4.78 is 0. The highest BCUT2D eigenvalue weighted by molar-refractivity contribution is 7.98. The molecule has 0 aliphatic heterocycles. The summed E-state index contributed by atoms with van der Waals surface area (Å²) in [6.45, 7) is 8.48. The summed E-state index contributed by atoms with van der Waals surface area (Å²) in [5.41, 5.74) is 8.13. The molecule has 0 aliphatic carbocycles. The Hall–Kier alpha value is -1.55. The maximum Gasteiger partial charge on any atom is 0.141 e. The molecule has 0 atom stereocenters. The van der Waals surface area contributed by atoms with Crippen LogP contribution in [0.5, 0.6) is 0 Å². The number of hydrogen-bond acceptors (Lipinski definition) is 4. The van der Waals surface area contributed by atoms with Gasteiger partial charge in [0.2, 0.25) is 0 Å². The molecule has 1 heterocycles. The zero-order chi connectivity index (χ0) is 14.8. The number of anilines is 1. The molecule has 0 radical (unpaired) electrons. The Morgan fingerprint density at radius 1 is 1.10 bits per heavy atom. The Morgan fingerprint density at radius 3 is 2.35 bits per heavy atom. The van der Waals surface area contributed by atoms with E-state index in [1.807, 2.05) is 6.07 Å². The summed E-state index contributed by atoms with van der Waals surface area (Å²) >= 11 is 1.73. The largest absolute Gasteiger partial charge is 0.384 e. The van der Waals surface area contributed by atoms with Crippen LogP contribution in [0.15, 0.2) is 35.2 Å². The van der Waals surface area contributed by atoms with Gasteiger partial charge in [0.05, 0.1) is 11.4 Å². The molecule has 20 heavy (non-hydrogen) atoms. The summed E-state index contributed by atoms with van der Waals surface area (Å²) in [6.07, 6.45) is 0. The van der Waals surface area contributed by atoms with Crippen LogP contribution < -0.4 is 5.73 Å². The second-order valence-corrected chi connectivity index (χ2v) is 6.99. The van der Waals surface area contributed by atoms with Gasteiger partial charge in [0.1, 0.15) is 11.6 Å². The first-order valence-electron chi connectivity index (χ1n) is 6.68. The highest BCUT2D eigenvalue weighted by Gasteiger charge is 2.17. The summed E-state index contributed by atoms with van der Waals surface area (Å²) in [6, 6.07) is 10.3. The van der Waals surface area contributed by atoms with Gasteiger partial charge >= 0.3 is 0 Å². The zero-order valence-electron chi connectivity index (χ0n) is 12.5. The normalized spacial score (nSPS) is 11.6. The van der Waals surface area contributed by atoms with Gasteiger partial charge in [0.25, 0.3) is 0 Å². The monoisotopic (exact) mass is 287 g/mol. The van der Waals surface area contributed by atoms with Gasteiger partial charge in [-0.25, -0.2) is 9.97 Å². The van der Waals surface area contributed by atoms with Gasteiger partial charge in [-0.05, 0) is 19.1 Å². The fraction of sp³-hybridized carbons (Fsp3) is 0.375. The number of hydrogen-bond donors (Lipinski definition) is 1. The molecule has 0 unspecified atom stereocenters. The van der Waals surface area contributed by atoms with Crippen molar-refractivity contribution in [3.8, 4) is 0 Å². The Bertz CT molecular complexity index is 586. The topological polar surface area (TPSA) is 51.8 Å². The number of nitrogen functional groups attached to an aromatic ring is 1. The molecule has 4 heteroatoms. The van der Waals surface area contributed by atoms with E-state index in [0.717, 1.165) is 17.3 Å². The minimum Gasteiger partial charge on any atom is -0.384 e. The summed E-state index contributed by atoms with van der Waals surface area (Å²) in [4.78, 5) is 10.2. The minimum atomic E-state index is -0.0136. The van der Waals surface area contributed by atoms with Crippen LogP contribution in [0.2, 0.25) is 0 Å². The Kier molecular flexibility index (Phi) is 4.33. The van der Waals surface area contributed by atoms with Crippen LogP contribution >= 0.6 is 11.8 Å². The first-order valence-corrected chi connectivity index (χ1v) is 7.66. The van der Waals surface area contributed by atoms with E-state index in [2.05, 4.69) is 61.9 Å². The zero-order valence-corrected chi connectivity index (χ0v) is 13.3. The summed E-state index contributed by atoms with van der Waals surface area (Å²) in [5.74, 6) is 2.07. The van der Waals surface area contributed by atoms with E-state index in [4.69, 9.17) is 5.73 Å². The lowest BCUT2D eigenvalue weighted by Crippen LogP contribution is -2.16. The van der Waals surface area contributed by atoms with Gasteiger partial charge in [-0.1, -0.05) is 38.5 Å². The summed E-state index contributed by atoms with van der Waals surface area (Å²) in [7, 11) is 0. The molecule has 2 rings (SSSR count). The van der Waals surface area contributed by atoms with E-state index in [-0.39, 0.29) is 5.41 Å². The van der Waals surface area contributed by atoms with Crippen molar-refractivity contribution in [1.29, 1.82) is 0 Å². The van der Waals surface area contributed by atoms with Crippen molar-refractivity contribution in [3.63, 3.8) is 0 Å². The maximum absolute atomic E-state index is 5.88. The number of rotatable bonds is 3. The quantitative estimate of drug-likeness (QED) is 0.868. The molecule has 3 nitrogen and oxygen atoms in total. The molecule has 0 amide bonds. The number of nitrogens with two attached hydrogens (primary N) is 1. The van der Waals surface area contributed by atoms with E-state index < -0.39 is 0 Å². The van der Waals surface area contributed by atoms with Crippen molar-refractivity contribution in [2.45, 2.75) is 43.8 Å². The predicted molar refractivity (Wildman–Crippen MR) is 85.9 cm³/mol. The SMILES string of the molecule is Cc1ccc(SCc2nc(N)cc(C(C)(C)C)n2)cc1. The van der Waals surface area contributed by atoms with E-state index in [1.165, 1.54) is 10.5 Å². The molecule has 2 aromatic rings. The molecule has 0 bridgehead atoms. The maximum atomic E-state index is 5.88. The fourth-order valence-corrected chi connectivity index (χ4v) is 2.50. The van der Waals surface area contributed by atoms with Gasteiger partial charge in [-0.2, -0.15) is 0 Å². The van der Waals surface area contributed by atoms with Gasteiger partial charge in [-0.15, -0.1) is 11.8 Å². The van der Waals surface area contributed by atoms with E-state index in [9.17, 15) is 0 Å². The van der Waals surface area contributed by atoms with Crippen molar-refractivity contribution < 1.29 is 0 Å². The van der Waals surface area contributed by atoms with Crippen molar-refractivity contribution >= 4 is 17.6 Å². The second kappa shape index (κ2) is 5.83. The molecule has 0 fully saturated rings. The van der Waals surface area contributed by atoms with Crippen LogP contribution in [0.4, 0.5) is 5.82 Å². The predicted octanol–water partition coefficient (Wildman–Crippen LogP) is 3.96. The smallest absolute Gasteiger partial charge is 0.141 e. The number of nitrogens with zero attached hydrogens (tertiary/aromatic N) is 2. The van der Waals surface area contributed by atoms with Crippen LogP contribution in [0.25, 0.3) is 0 Å². The standard InChI is InChI=1S/C16H21N3S/c1-11-5-7-12(8-6-11)20-10-15-18-13(16(2,3)4)9-14(17)19-15/h5-9H,10H2,1-4H3,(H2,17,18,19). The highest BCUT2D eigenvalue weighted by Crippen LogP contribution is 2.25. The molecule has 106 valence electrons. The molecule has 2 N–H and O–H groups in total. The van der Waals surface area contributed by atoms with Crippen molar-refractivity contribution in [3.05, 3.63) is 47.4 Å². The van der Waals surface area contributed by atoms with Crippen molar-refractivity contribution in [2.75, 3.05) is 5.73 Å². The molecule has 0 saturated carbocycles. The van der Waals surface area contributed by atoms with E-state index in [1.54, 1.807) is 11.8 Å². The van der Waals surface area contributed by atoms with Gasteiger partial charge in [-0.3, -0.25) is 0 Å². The lowest BCUT2D eigenvalue weighted by molar-refractivity contribution is 0.564. The van der Waals surface area contributed by atoms with Crippen LogP contribution in [-0.2, 0) is 11.2 Å². The molecule has 0 spiro atoms. The first kappa shape index (κ1) is 14.9. The minimum absolute atomic E-state index is 0.0136. The van der Waals surface area contributed by atoms with E-state index in [0.29, 0.717) is 5.82 Å². The first-order chi connectivity index (χ1) is 9.34. The molecule has 1 aromatic heterocycles. The number of aryl methyl sites for hydroxylation is 1. The Balaban J connectivity index is 2.13. The number of thioether (sulfide) groups is 1. The molecule has 0 saturated heterocycles. The van der Waals surface area contributed by atoms with Crippen LogP contribution in [-0.4, -0.2) is 9.97 Å². The lowest BCUT2D eigenvalue weighted by atomic mass is 9.92. The second-order valence-electron chi connectivity index (χ2n) is 5.95. The molecule has 0 aliphatic rings. The third-order valence-corrected chi connectivity index (χ3v) is 3.96. The highest BCUT2D eigenvalue weighted by atomic mass is 32.2. The average molecular weight is 287 g/mol. The third-order valence-electron chi connectivity index (χ3n) is 2.95. The summed E-state index contributed by atoms with van der Waals surface area (Å²) in [5, 5.41) is 0. The lowest BCUT2D eigenvalue weighted by Gasteiger charge is -2.18. The number of benzene rings is 1. The molecular formula is C16H21N3S. The third kappa shape index (κ3) is 3.97. The molecule has 1 aromatic carbocycles. The Morgan fingerprint density at radius 2 is 1.75 bits per heavy atom. The van der Waals surface area contributed by atoms with Gasteiger partial charge in [0.15, 0.2) is 0 Å². The number of aromatic nitrogens is 2. The van der Waals surface area contributed by atoms with Crippen LogP contribution in [0, 0.1) is 6.92 Å². The molecular weight excluding hydrogens is 266 g/mol. The average Bonchev–Trinajstić information content (AvgIpc) is 2.36. The van der Waals surface area contributed by atoms with Gasteiger partial charge < -0.3 is 5.73 Å². The van der Waals surface area contributed by atoms with Crippen LogP contribution in [0.3, 0.4) is 0 Å². The van der Waals surface area contributed by atoms with Crippen molar-refractivity contribution in [2.24, 2.45) is 0 Å².